The molecule has 5 heteroatoms. The van der Waals surface area contributed by atoms with Crippen LogP contribution >= 0.6 is 0 Å². The van der Waals surface area contributed by atoms with E-state index in [1.54, 1.807) is 5.57 Å². The summed E-state index contributed by atoms with van der Waals surface area (Å²) in [5, 5.41) is 8.97. The van der Waals surface area contributed by atoms with Crippen LogP contribution in [0.2, 0.25) is 0 Å². The third-order valence-electron chi connectivity index (χ3n) is 10.2. The number of carbonyl (C=O) groups is 1. The van der Waals surface area contributed by atoms with Gasteiger partial charge in [0, 0.05) is 24.8 Å². The van der Waals surface area contributed by atoms with Crippen molar-refractivity contribution in [2.75, 3.05) is 0 Å². The first-order chi connectivity index (χ1) is 16.4. The molecule has 0 bridgehead atoms. The fourth-order valence-electron chi connectivity index (χ4n) is 8.44. The summed E-state index contributed by atoms with van der Waals surface area (Å²) in [6.45, 7) is 6.53. The van der Waals surface area contributed by atoms with Crippen LogP contribution in [0, 0.1) is 28.6 Å². The minimum Gasteiger partial charge on any atom is -0.462 e. The number of nitrogens with zero attached hydrogens (tertiary/aromatic N) is 2. The van der Waals surface area contributed by atoms with Gasteiger partial charge in [0.25, 0.3) is 0 Å². The van der Waals surface area contributed by atoms with Crippen molar-refractivity contribution in [2.24, 2.45) is 28.6 Å². The zero-order valence-corrected chi connectivity index (χ0v) is 20.6. The van der Waals surface area contributed by atoms with Gasteiger partial charge >= 0.3 is 5.97 Å². The summed E-state index contributed by atoms with van der Waals surface area (Å²) in [6.07, 6.45) is 11.7. The van der Waals surface area contributed by atoms with Gasteiger partial charge in [-0.1, -0.05) is 43.7 Å². The molecule has 1 heterocycles. The van der Waals surface area contributed by atoms with E-state index in [0.717, 1.165) is 55.4 Å². The van der Waals surface area contributed by atoms with Crippen LogP contribution in [-0.4, -0.2) is 22.3 Å². The van der Waals surface area contributed by atoms with E-state index in [1.807, 2.05) is 30.3 Å². The number of benzene rings is 1. The van der Waals surface area contributed by atoms with Gasteiger partial charge in [-0.05, 0) is 85.7 Å². The van der Waals surface area contributed by atoms with Crippen molar-refractivity contribution in [3.8, 4) is 11.5 Å². The highest BCUT2D eigenvalue weighted by Crippen LogP contribution is 2.68. The van der Waals surface area contributed by atoms with E-state index in [-0.39, 0.29) is 22.9 Å². The summed E-state index contributed by atoms with van der Waals surface area (Å²) in [5.74, 6) is 3.82. The SMILES string of the molecule is CC(=O)O[C@H]1CC[C@@]2(C)C(=CC[C@H]3[C@@H]4CC[C@H](c5nnc(-c6ccccc6)o5)[C@@]4(C)CC[C@@H]32)C1. The molecule has 0 spiro atoms. The number of hydrogen-bond donors (Lipinski definition) is 0. The maximum atomic E-state index is 11.5. The molecule has 5 nitrogen and oxygen atoms in total. The summed E-state index contributed by atoms with van der Waals surface area (Å²) in [4.78, 5) is 11.5. The molecule has 1 aromatic carbocycles. The van der Waals surface area contributed by atoms with Crippen molar-refractivity contribution in [1.82, 2.24) is 10.2 Å². The molecular formula is C29H36N2O3. The molecule has 4 aliphatic carbocycles. The Labute approximate surface area is 202 Å². The fourth-order valence-corrected chi connectivity index (χ4v) is 8.44. The van der Waals surface area contributed by atoms with Crippen molar-refractivity contribution in [2.45, 2.75) is 84.2 Å². The summed E-state index contributed by atoms with van der Waals surface area (Å²) >= 11 is 0. The Balaban J connectivity index is 1.24. The first-order valence-corrected chi connectivity index (χ1v) is 13.1. The Kier molecular flexibility index (Phi) is 5.23. The van der Waals surface area contributed by atoms with Gasteiger partial charge in [-0.15, -0.1) is 10.2 Å². The first-order valence-electron chi connectivity index (χ1n) is 13.1. The molecule has 0 unspecified atom stereocenters. The molecular weight excluding hydrogens is 424 g/mol. The lowest BCUT2D eigenvalue weighted by Gasteiger charge is -2.57. The van der Waals surface area contributed by atoms with Crippen LogP contribution in [0.3, 0.4) is 0 Å². The third-order valence-corrected chi connectivity index (χ3v) is 10.2. The highest BCUT2D eigenvalue weighted by atomic mass is 16.5. The lowest BCUT2D eigenvalue weighted by atomic mass is 9.47. The Morgan fingerprint density at radius 2 is 1.85 bits per heavy atom. The average molecular weight is 461 g/mol. The number of carbonyl (C=O) groups excluding carboxylic acids is 1. The second-order valence-electron chi connectivity index (χ2n) is 11.7. The Bertz CT molecular complexity index is 1110. The minimum absolute atomic E-state index is 0.0643. The summed E-state index contributed by atoms with van der Waals surface area (Å²) in [7, 11) is 0. The van der Waals surface area contributed by atoms with Crippen molar-refractivity contribution >= 4 is 5.97 Å². The minimum atomic E-state index is -0.148. The molecule has 0 aliphatic heterocycles. The van der Waals surface area contributed by atoms with E-state index in [4.69, 9.17) is 9.15 Å². The topological polar surface area (TPSA) is 65.2 Å². The van der Waals surface area contributed by atoms with E-state index >= 15 is 0 Å². The largest absolute Gasteiger partial charge is 0.462 e. The van der Waals surface area contributed by atoms with Crippen molar-refractivity contribution in [3.05, 3.63) is 47.9 Å². The number of hydrogen-bond acceptors (Lipinski definition) is 5. The summed E-state index contributed by atoms with van der Waals surface area (Å²) < 4.78 is 11.9. The van der Waals surface area contributed by atoms with Crippen LogP contribution in [0.1, 0.15) is 83.9 Å². The zero-order chi connectivity index (χ0) is 23.5. The van der Waals surface area contributed by atoms with Gasteiger partial charge in [-0.25, -0.2) is 0 Å². The van der Waals surface area contributed by atoms with Crippen LogP contribution in [0.15, 0.2) is 46.4 Å². The van der Waals surface area contributed by atoms with E-state index in [9.17, 15) is 4.79 Å². The van der Waals surface area contributed by atoms with Crippen molar-refractivity contribution in [3.63, 3.8) is 0 Å². The van der Waals surface area contributed by atoms with E-state index < -0.39 is 0 Å². The van der Waals surface area contributed by atoms with Gasteiger partial charge in [0.15, 0.2) is 0 Å². The monoisotopic (exact) mass is 460 g/mol. The molecule has 0 radical (unpaired) electrons. The van der Waals surface area contributed by atoms with Gasteiger partial charge in [0.1, 0.15) is 6.10 Å². The van der Waals surface area contributed by atoms with Gasteiger partial charge in [-0.2, -0.15) is 0 Å². The molecule has 0 saturated heterocycles. The number of fused-ring (bicyclic) bond motifs is 5. The quantitative estimate of drug-likeness (QED) is 0.376. The summed E-state index contributed by atoms with van der Waals surface area (Å²) in [6, 6.07) is 10.1. The molecule has 0 amide bonds. The highest BCUT2D eigenvalue weighted by molar-refractivity contribution is 5.66. The normalized spacial score (nSPS) is 38.9. The molecule has 2 aromatic rings. The van der Waals surface area contributed by atoms with Gasteiger partial charge in [0.05, 0.1) is 0 Å². The molecule has 180 valence electrons. The predicted molar refractivity (Wildman–Crippen MR) is 130 cm³/mol. The van der Waals surface area contributed by atoms with Gasteiger partial charge in [-0.3, -0.25) is 4.79 Å². The average Bonchev–Trinajstić information content (AvgIpc) is 3.44. The van der Waals surface area contributed by atoms with E-state index in [0.29, 0.717) is 17.7 Å². The Morgan fingerprint density at radius 1 is 1.03 bits per heavy atom. The van der Waals surface area contributed by atoms with Crippen LogP contribution < -0.4 is 0 Å². The summed E-state index contributed by atoms with van der Waals surface area (Å²) in [5.41, 5.74) is 3.02. The zero-order valence-electron chi connectivity index (χ0n) is 20.6. The number of aromatic nitrogens is 2. The third kappa shape index (κ3) is 3.37. The molecule has 3 fully saturated rings. The van der Waals surface area contributed by atoms with E-state index in [2.05, 4.69) is 30.1 Å². The maximum Gasteiger partial charge on any atom is 0.302 e. The van der Waals surface area contributed by atoms with Crippen LogP contribution in [0.25, 0.3) is 11.5 Å². The second-order valence-corrected chi connectivity index (χ2v) is 11.7. The molecule has 3 saturated carbocycles. The standard InChI is InChI=1S/C29H36N2O3/c1-18(32)33-21-13-15-28(2)20(17-21)9-10-22-23-11-12-25(29(23,3)16-14-24(22)28)27-31-30-26(34-27)19-7-5-4-6-8-19/h4-9,21-25H,10-17H2,1-3H3/t21-,22-,23-,24-,25+,28-,29-/m0/s1. The fraction of sp³-hybridized carbons (Fsp3) is 0.621. The van der Waals surface area contributed by atoms with E-state index in [1.165, 1.54) is 26.2 Å². The molecule has 4 aliphatic rings. The predicted octanol–water partition coefficient (Wildman–Crippen LogP) is 6.71. The number of ether oxygens (including phenoxy) is 1. The first kappa shape index (κ1) is 22.1. The highest BCUT2D eigenvalue weighted by Gasteiger charge is 2.59. The molecule has 1 aromatic heterocycles. The van der Waals surface area contributed by atoms with Gasteiger partial charge in [0.2, 0.25) is 11.8 Å². The number of esters is 1. The van der Waals surface area contributed by atoms with Crippen molar-refractivity contribution < 1.29 is 13.9 Å². The number of allylic oxidation sites excluding steroid dienone is 1. The van der Waals surface area contributed by atoms with Crippen LogP contribution in [-0.2, 0) is 9.53 Å². The molecule has 34 heavy (non-hydrogen) atoms. The van der Waals surface area contributed by atoms with Gasteiger partial charge < -0.3 is 9.15 Å². The second kappa shape index (κ2) is 8.07. The van der Waals surface area contributed by atoms with Crippen LogP contribution in [0.5, 0.6) is 0 Å². The smallest absolute Gasteiger partial charge is 0.302 e. The molecule has 6 rings (SSSR count). The Morgan fingerprint density at radius 3 is 2.65 bits per heavy atom. The lowest BCUT2D eigenvalue weighted by molar-refractivity contribution is -0.148. The molecule has 0 N–H and O–H groups in total. The van der Waals surface area contributed by atoms with Crippen LogP contribution in [0.4, 0.5) is 0 Å². The Hall–Kier alpha value is -2.43. The maximum absolute atomic E-state index is 11.5. The lowest BCUT2D eigenvalue weighted by Crippen LogP contribution is -2.50. The van der Waals surface area contributed by atoms with Crippen molar-refractivity contribution in [1.29, 1.82) is 0 Å². The number of rotatable bonds is 3. The molecule has 7 atom stereocenters.